The highest BCUT2D eigenvalue weighted by Crippen LogP contribution is 2.22. The topological polar surface area (TPSA) is 26.3 Å². The Bertz CT molecular complexity index is 291. The van der Waals surface area contributed by atoms with Crippen molar-refractivity contribution in [1.29, 1.82) is 0 Å². The van der Waals surface area contributed by atoms with Crippen LogP contribution in [0.25, 0.3) is 0 Å². The summed E-state index contributed by atoms with van der Waals surface area (Å²) in [6.07, 6.45) is 14.9. The average Bonchev–Trinajstić information content (AvgIpc) is 2.81. The number of hydrogen-bond acceptors (Lipinski definition) is 2. The Balaban J connectivity index is 1.63. The molecule has 0 saturated carbocycles. The monoisotopic (exact) mass is 220 g/mol. The minimum Gasteiger partial charge on any atom is -0.465 e. The van der Waals surface area contributed by atoms with Gasteiger partial charge in [0, 0.05) is 0 Å². The van der Waals surface area contributed by atoms with Crippen molar-refractivity contribution in [3.63, 3.8) is 0 Å². The van der Waals surface area contributed by atoms with Gasteiger partial charge in [-0.3, -0.25) is 4.79 Å². The standard InChI is InChI=1S/C14H20O2/c15-14(10-12-6-4-5-7-12)16-11-13-8-2-1-3-9-13/h1-2,4,6,12-13H,3,5,7-11H2. The van der Waals surface area contributed by atoms with Gasteiger partial charge < -0.3 is 4.74 Å². The summed E-state index contributed by atoms with van der Waals surface area (Å²) in [6.45, 7) is 0.611. The number of allylic oxidation sites excluding steroid dienone is 4. The number of rotatable bonds is 4. The lowest BCUT2D eigenvalue weighted by atomic mass is 9.95. The normalized spacial score (nSPS) is 28.2. The van der Waals surface area contributed by atoms with Gasteiger partial charge in [0.05, 0.1) is 13.0 Å². The van der Waals surface area contributed by atoms with Crippen molar-refractivity contribution in [2.75, 3.05) is 6.61 Å². The zero-order chi connectivity index (χ0) is 11.2. The van der Waals surface area contributed by atoms with Crippen LogP contribution in [0.5, 0.6) is 0 Å². The molecule has 0 aromatic rings. The number of carbonyl (C=O) groups is 1. The van der Waals surface area contributed by atoms with E-state index in [1.807, 2.05) is 0 Å². The summed E-state index contributed by atoms with van der Waals surface area (Å²) >= 11 is 0. The Labute approximate surface area is 97.4 Å². The van der Waals surface area contributed by atoms with Crippen molar-refractivity contribution in [2.45, 2.75) is 38.5 Å². The van der Waals surface area contributed by atoms with E-state index in [-0.39, 0.29) is 5.97 Å². The van der Waals surface area contributed by atoms with Gasteiger partial charge in [-0.15, -0.1) is 0 Å². The average molecular weight is 220 g/mol. The SMILES string of the molecule is O=C(CC1C=CCC1)OCC1CC=CCC1. The van der Waals surface area contributed by atoms with Gasteiger partial charge in [-0.05, 0) is 43.9 Å². The molecule has 2 nitrogen and oxygen atoms in total. The van der Waals surface area contributed by atoms with Crippen LogP contribution in [0.4, 0.5) is 0 Å². The van der Waals surface area contributed by atoms with Crippen LogP contribution in [0.1, 0.15) is 38.5 Å². The van der Waals surface area contributed by atoms with Crippen LogP contribution in [0.2, 0.25) is 0 Å². The van der Waals surface area contributed by atoms with E-state index >= 15 is 0 Å². The zero-order valence-corrected chi connectivity index (χ0v) is 9.73. The van der Waals surface area contributed by atoms with Gasteiger partial charge in [0.1, 0.15) is 0 Å². The lowest BCUT2D eigenvalue weighted by molar-refractivity contribution is -0.145. The van der Waals surface area contributed by atoms with Crippen molar-refractivity contribution in [1.82, 2.24) is 0 Å². The van der Waals surface area contributed by atoms with E-state index in [0.29, 0.717) is 24.9 Å². The predicted octanol–water partition coefficient (Wildman–Crippen LogP) is 3.24. The molecule has 2 atom stereocenters. The van der Waals surface area contributed by atoms with Crippen molar-refractivity contribution in [3.8, 4) is 0 Å². The summed E-state index contributed by atoms with van der Waals surface area (Å²) in [5, 5.41) is 0. The van der Waals surface area contributed by atoms with Crippen LogP contribution in [0.3, 0.4) is 0 Å². The fourth-order valence-electron chi connectivity index (χ4n) is 2.36. The van der Waals surface area contributed by atoms with Crippen molar-refractivity contribution < 1.29 is 9.53 Å². The highest BCUT2D eigenvalue weighted by molar-refractivity contribution is 5.70. The van der Waals surface area contributed by atoms with E-state index in [1.165, 1.54) is 0 Å². The van der Waals surface area contributed by atoms with E-state index in [2.05, 4.69) is 24.3 Å². The first-order valence-electron chi connectivity index (χ1n) is 6.32. The van der Waals surface area contributed by atoms with Crippen molar-refractivity contribution >= 4 is 5.97 Å². The number of hydrogen-bond donors (Lipinski definition) is 0. The Morgan fingerprint density at radius 3 is 2.75 bits per heavy atom. The molecule has 16 heavy (non-hydrogen) atoms. The molecule has 0 bridgehead atoms. The van der Waals surface area contributed by atoms with E-state index in [4.69, 9.17) is 4.74 Å². The van der Waals surface area contributed by atoms with Gasteiger partial charge in [-0.1, -0.05) is 24.3 Å². The van der Waals surface area contributed by atoms with Gasteiger partial charge in [0.25, 0.3) is 0 Å². The zero-order valence-electron chi connectivity index (χ0n) is 9.73. The molecular weight excluding hydrogens is 200 g/mol. The number of carbonyl (C=O) groups excluding carboxylic acids is 1. The number of esters is 1. The van der Waals surface area contributed by atoms with E-state index in [0.717, 1.165) is 32.1 Å². The molecule has 2 unspecified atom stereocenters. The lowest BCUT2D eigenvalue weighted by Gasteiger charge is -2.17. The first-order valence-corrected chi connectivity index (χ1v) is 6.32. The van der Waals surface area contributed by atoms with Crippen LogP contribution in [-0.2, 0) is 9.53 Å². The van der Waals surface area contributed by atoms with Crippen LogP contribution in [0.15, 0.2) is 24.3 Å². The first-order chi connectivity index (χ1) is 7.84. The van der Waals surface area contributed by atoms with Gasteiger partial charge >= 0.3 is 5.97 Å². The van der Waals surface area contributed by atoms with E-state index in [9.17, 15) is 4.79 Å². The molecule has 88 valence electrons. The molecule has 2 rings (SSSR count). The quantitative estimate of drug-likeness (QED) is 0.537. The van der Waals surface area contributed by atoms with Crippen molar-refractivity contribution in [3.05, 3.63) is 24.3 Å². The molecule has 0 amide bonds. The molecule has 0 aliphatic heterocycles. The van der Waals surface area contributed by atoms with Crippen LogP contribution in [0, 0.1) is 11.8 Å². The maximum atomic E-state index is 11.6. The summed E-state index contributed by atoms with van der Waals surface area (Å²) in [5.41, 5.74) is 0. The predicted molar refractivity (Wildman–Crippen MR) is 63.9 cm³/mol. The van der Waals surface area contributed by atoms with Gasteiger partial charge in [-0.2, -0.15) is 0 Å². The summed E-state index contributed by atoms with van der Waals surface area (Å²) in [6, 6.07) is 0. The van der Waals surface area contributed by atoms with Crippen molar-refractivity contribution in [2.24, 2.45) is 11.8 Å². The molecule has 0 N–H and O–H groups in total. The molecule has 0 saturated heterocycles. The summed E-state index contributed by atoms with van der Waals surface area (Å²) < 4.78 is 5.34. The Hall–Kier alpha value is -1.05. The van der Waals surface area contributed by atoms with Crippen LogP contribution in [-0.4, -0.2) is 12.6 Å². The van der Waals surface area contributed by atoms with Gasteiger partial charge in [0.2, 0.25) is 0 Å². The van der Waals surface area contributed by atoms with Gasteiger partial charge in [-0.25, -0.2) is 0 Å². The molecule has 0 radical (unpaired) electrons. The third-order valence-corrected chi connectivity index (χ3v) is 3.40. The highest BCUT2D eigenvalue weighted by Gasteiger charge is 2.17. The summed E-state index contributed by atoms with van der Waals surface area (Å²) in [5.74, 6) is 0.956. The number of ether oxygens (including phenoxy) is 1. The molecule has 0 aromatic heterocycles. The highest BCUT2D eigenvalue weighted by atomic mass is 16.5. The first kappa shape index (κ1) is 11.4. The third kappa shape index (κ3) is 3.51. The molecule has 2 aliphatic rings. The molecule has 0 fully saturated rings. The second kappa shape index (κ2) is 5.88. The van der Waals surface area contributed by atoms with Gasteiger partial charge in [0.15, 0.2) is 0 Å². The largest absolute Gasteiger partial charge is 0.465 e. The molecule has 2 aliphatic carbocycles. The molecule has 2 heteroatoms. The van der Waals surface area contributed by atoms with Crippen LogP contribution >= 0.6 is 0 Å². The molecule has 0 spiro atoms. The summed E-state index contributed by atoms with van der Waals surface area (Å²) in [7, 11) is 0. The molecule has 0 heterocycles. The summed E-state index contributed by atoms with van der Waals surface area (Å²) in [4.78, 5) is 11.6. The minimum absolute atomic E-state index is 0.0221. The van der Waals surface area contributed by atoms with E-state index < -0.39 is 0 Å². The van der Waals surface area contributed by atoms with Crippen LogP contribution < -0.4 is 0 Å². The fraction of sp³-hybridized carbons (Fsp3) is 0.643. The van der Waals surface area contributed by atoms with E-state index in [1.54, 1.807) is 0 Å². The lowest BCUT2D eigenvalue weighted by Crippen LogP contribution is -2.16. The Morgan fingerprint density at radius 2 is 2.06 bits per heavy atom. The Kier molecular flexibility index (Phi) is 4.20. The fourth-order valence-corrected chi connectivity index (χ4v) is 2.36. The second-order valence-electron chi connectivity index (χ2n) is 4.80. The molecule has 0 aromatic carbocycles. The smallest absolute Gasteiger partial charge is 0.306 e. The third-order valence-electron chi connectivity index (χ3n) is 3.40. The second-order valence-corrected chi connectivity index (χ2v) is 4.80. The maximum absolute atomic E-state index is 11.6. The minimum atomic E-state index is -0.0221. The molecular formula is C14H20O2. The Morgan fingerprint density at radius 1 is 1.19 bits per heavy atom. The maximum Gasteiger partial charge on any atom is 0.306 e.